The molecule has 0 spiro atoms. The number of likely N-dealkylation sites (tertiary alicyclic amines) is 1. The normalized spacial score (nSPS) is 21.8. The fourth-order valence-corrected chi connectivity index (χ4v) is 3.53. The number of hydrogen-bond acceptors (Lipinski definition) is 4. The second-order valence-corrected chi connectivity index (χ2v) is 7.68. The summed E-state index contributed by atoms with van der Waals surface area (Å²) in [5.41, 5.74) is -0.566. The van der Waals surface area contributed by atoms with Gasteiger partial charge >= 0.3 is 6.18 Å². The molecule has 0 bridgehead atoms. The van der Waals surface area contributed by atoms with E-state index in [1.165, 1.54) is 17.0 Å². The lowest BCUT2D eigenvalue weighted by molar-refractivity contribution is -0.137. The number of benzene rings is 2. The number of carbonyl (C=O) groups is 1. The Morgan fingerprint density at radius 2 is 1.77 bits per heavy atom. The molecular weight excluding hydrogens is 397 g/mol. The smallest absolute Gasteiger partial charge is 0.388 e. The first-order valence-electron chi connectivity index (χ1n) is 9.76. The Hall–Kier alpha value is -2.42. The van der Waals surface area contributed by atoms with E-state index < -0.39 is 23.4 Å². The molecule has 2 atom stereocenters. The van der Waals surface area contributed by atoms with Crippen LogP contribution in [0.2, 0.25) is 0 Å². The van der Waals surface area contributed by atoms with Crippen molar-refractivity contribution >= 4 is 5.91 Å². The lowest BCUT2D eigenvalue weighted by Gasteiger charge is -2.26. The summed E-state index contributed by atoms with van der Waals surface area (Å²) in [6, 6.07) is 14.3. The van der Waals surface area contributed by atoms with Gasteiger partial charge in [0.2, 0.25) is 5.91 Å². The molecule has 1 aliphatic rings. The fraction of sp³-hybridized carbons (Fsp3) is 0.409. The van der Waals surface area contributed by atoms with Crippen molar-refractivity contribution in [3.05, 3.63) is 71.3 Å². The van der Waals surface area contributed by atoms with Gasteiger partial charge in [-0.05, 0) is 29.7 Å². The maximum Gasteiger partial charge on any atom is 0.416 e. The molecule has 30 heavy (non-hydrogen) atoms. The average Bonchev–Trinajstić information content (AvgIpc) is 3.01. The van der Waals surface area contributed by atoms with Gasteiger partial charge in [-0.2, -0.15) is 13.2 Å². The summed E-state index contributed by atoms with van der Waals surface area (Å²) in [5.74, 6) is -0.142. The number of rotatable bonds is 7. The Labute approximate surface area is 173 Å². The minimum absolute atomic E-state index is 0.00179. The summed E-state index contributed by atoms with van der Waals surface area (Å²) in [4.78, 5) is 13.9. The van der Waals surface area contributed by atoms with Gasteiger partial charge in [-0.3, -0.25) is 4.79 Å². The first-order valence-corrected chi connectivity index (χ1v) is 9.76. The number of amides is 1. The summed E-state index contributed by atoms with van der Waals surface area (Å²) in [6.07, 6.45) is -4.62. The molecule has 0 aromatic heterocycles. The Balaban J connectivity index is 1.48. The number of hydrogen-bond donors (Lipinski definition) is 3. The van der Waals surface area contributed by atoms with Crippen LogP contribution in [-0.4, -0.2) is 52.4 Å². The molecule has 3 rings (SSSR count). The third-order valence-corrected chi connectivity index (χ3v) is 5.34. The van der Waals surface area contributed by atoms with E-state index in [1.54, 1.807) is 0 Å². The van der Waals surface area contributed by atoms with Gasteiger partial charge in [-0.1, -0.05) is 42.5 Å². The fourth-order valence-electron chi connectivity index (χ4n) is 3.53. The Morgan fingerprint density at radius 1 is 1.10 bits per heavy atom. The number of nitrogens with zero attached hydrogens (tertiary/aromatic N) is 1. The first-order chi connectivity index (χ1) is 14.2. The van der Waals surface area contributed by atoms with E-state index in [1.807, 2.05) is 30.3 Å². The van der Waals surface area contributed by atoms with Gasteiger partial charge < -0.3 is 20.4 Å². The van der Waals surface area contributed by atoms with E-state index in [4.69, 9.17) is 0 Å². The number of β-amino-alcohol motifs (C(OH)–C–C–N with tert-alkyl or cyclic N) is 2. The van der Waals surface area contributed by atoms with Crippen molar-refractivity contribution in [2.75, 3.05) is 19.6 Å². The van der Waals surface area contributed by atoms with Crippen LogP contribution in [0.1, 0.15) is 23.1 Å². The topological polar surface area (TPSA) is 72.8 Å². The van der Waals surface area contributed by atoms with Gasteiger partial charge in [0.25, 0.3) is 0 Å². The standard InChI is InChI=1S/C22H25F3N2O3/c23-22(24,25)18-9-6-17(7-10-18)12-26-14-21(30)15-27(13-19(21)28)20(29)11-8-16-4-2-1-3-5-16/h1-7,9-10,19,26,28,30H,8,11-15H2/t19-,21+/m1/s1. The highest BCUT2D eigenvalue weighted by Gasteiger charge is 2.45. The maximum atomic E-state index is 12.6. The molecule has 0 radical (unpaired) electrons. The van der Waals surface area contributed by atoms with Crippen LogP contribution in [0.3, 0.4) is 0 Å². The van der Waals surface area contributed by atoms with Crippen LogP contribution in [0, 0.1) is 0 Å². The molecule has 1 amide bonds. The van der Waals surface area contributed by atoms with Crippen molar-refractivity contribution in [3.63, 3.8) is 0 Å². The molecule has 1 saturated heterocycles. The van der Waals surface area contributed by atoms with Crippen molar-refractivity contribution in [1.29, 1.82) is 0 Å². The molecule has 1 aliphatic heterocycles. The van der Waals surface area contributed by atoms with Crippen LogP contribution in [0.4, 0.5) is 13.2 Å². The highest BCUT2D eigenvalue weighted by Crippen LogP contribution is 2.29. The zero-order valence-corrected chi connectivity index (χ0v) is 16.4. The monoisotopic (exact) mass is 422 g/mol. The quantitative estimate of drug-likeness (QED) is 0.641. The van der Waals surface area contributed by atoms with E-state index in [0.29, 0.717) is 12.0 Å². The van der Waals surface area contributed by atoms with Crippen LogP contribution >= 0.6 is 0 Å². The summed E-state index contributed by atoms with van der Waals surface area (Å²) in [7, 11) is 0. The first kappa shape index (κ1) is 22.3. The number of aliphatic hydroxyl groups excluding tert-OH is 1. The lowest BCUT2D eigenvalue weighted by atomic mass is 10.0. The van der Waals surface area contributed by atoms with Gasteiger partial charge in [0.05, 0.1) is 12.1 Å². The van der Waals surface area contributed by atoms with Crippen LogP contribution in [0.25, 0.3) is 0 Å². The van der Waals surface area contributed by atoms with Gasteiger partial charge in [-0.15, -0.1) is 0 Å². The SMILES string of the molecule is O=C(CCc1ccccc1)N1C[C@@H](O)[C@](O)(CNCc2ccc(C(F)(F)F)cc2)C1. The van der Waals surface area contributed by atoms with Crippen LogP contribution in [0.5, 0.6) is 0 Å². The molecule has 0 saturated carbocycles. The minimum atomic E-state index is -4.38. The van der Waals surface area contributed by atoms with E-state index in [-0.39, 0.29) is 38.5 Å². The molecule has 2 aromatic carbocycles. The number of aliphatic hydroxyl groups is 2. The number of halogens is 3. The Kier molecular flexibility index (Phi) is 6.80. The van der Waals surface area contributed by atoms with Gasteiger partial charge in [0.1, 0.15) is 11.7 Å². The molecule has 1 heterocycles. The Bertz CT molecular complexity index is 843. The van der Waals surface area contributed by atoms with E-state index in [2.05, 4.69) is 5.32 Å². The molecule has 2 aromatic rings. The number of carbonyl (C=O) groups excluding carboxylic acids is 1. The van der Waals surface area contributed by atoms with Gasteiger partial charge in [0, 0.05) is 26.1 Å². The highest BCUT2D eigenvalue weighted by molar-refractivity contribution is 5.77. The highest BCUT2D eigenvalue weighted by atomic mass is 19.4. The molecule has 0 unspecified atom stereocenters. The Morgan fingerprint density at radius 3 is 2.40 bits per heavy atom. The molecule has 3 N–H and O–H groups in total. The van der Waals surface area contributed by atoms with Crippen LogP contribution in [-0.2, 0) is 23.9 Å². The van der Waals surface area contributed by atoms with E-state index in [0.717, 1.165) is 17.7 Å². The third-order valence-electron chi connectivity index (χ3n) is 5.34. The van der Waals surface area contributed by atoms with Crippen molar-refractivity contribution in [2.45, 2.75) is 37.3 Å². The van der Waals surface area contributed by atoms with Gasteiger partial charge in [-0.25, -0.2) is 0 Å². The molecule has 5 nitrogen and oxygen atoms in total. The van der Waals surface area contributed by atoms with Crippen molar-refractivity contribution in [1.82, 2.24) is 10.2 Å². The molecule has 0 aliphatic carbocycles. The van der Waals surface area contributed by atoms with Crippen molar-refractivity contribution < 1.29 is 28.2 Å². The predicted octanol–water partition coefficient (Wildman–Crippen LogP) is 2.36. The third kappa shape index (κ3) is 5.59. The molecule has 8 heteroatoms. The number of nitrogens with one attached hydrogen (secondary N) is 1. The summed E-state index contributed by atoms with van der Waals surface area (Å²) in [6.45, 7) is 0.292. The van der Waals surface area contributed by atoms with Crippen LogP contribution in [0.15, 0.2) is 54.6 Å². The van der Waals surface area contributed by atoms with Gasteiger partial charge in [0.15, 0.2) is 0 Å². The molecule has 162 valence electrons. The molecule has 1 fully saturated rings. The zero-order chi connectivity index (χ0) is 21.8. The second-order valence-electron chi connectivity index (χ2n) is 7.68. The summed E-state index contributed by atoms with van der Waals surface area (Å²) >= 11 is 0. The van der Waals surface area contributed by atoms with E-state index >= 15 is 0 Å². The predicted molar refractivity (Wildman–Crippen MR) is 105 cm³/mol. The summed E-state index contributed by atoms with van der Waals surface area (Å²) in [5, 5.41) is 24.0. The molecular formula is C22H25F3N2O3. The number of aryl methyl sites for hydroxylation is 1. The average molecular weight is 422 g/mol. The largest absolute Gasteiger partial charge is 0.416 e. The lowest BCUT2D eigenvalue weighted by Crippen LogP contribution is -2.50. The summed E-state index contributed by atoms with van der Waals surface area (Å²) < 4.78 is 37.8. The number of alkyl halides is 3. The maximum absolute atomic E-state index is 12.6. The van der Waals surface area contributed by atoms with Crippen molar-refractivity contribution in [2.24, 2.45) is 0 Å². The van der Waals surface area contributed by atoms with E-state index in [9.17, 15) is 28.2 Å². The zero-order valence-electron chi connectivity index (χ0n) is 16.4. The minimum Gasteiger partial charge on any atom is -0.388 e. The second kappa shape index (κ2) is 9.16. The van der Waals surface area contributed by atoms with Crippen molar-refractivity contribution in [3.8, 4) is 0 Å². The van der Waals surface area contributed by atoms with Crippen LogP contribution < -0.4 is 5.32 Å².